The molecule has 0 bridgehead atoms. The minimum Gasteiger partial charge on any atom is -0.480 e. The fraction of sp³-hybridized carbons (Fsp3) is 0.867. The Bertz CT molecular complexity index is 348. The highest BCUT2D eigenvalue weighted by Crippen LogP contribution is 2.26. The van der Waals surface area contributed by atoms with E-state index in [0.29, 0.717) is 11.7 Å². The second-order valence-corrected chi connectivity index (χ2v) is 7.65. The van der Waals surface area contributed by atoms with Gasteiger partial charge >= 0.3 is 12.1 Å². The maximum Gasteiger partial charge on any atom is 0.408 e. The monoisotopic (exact) mass is 317 g/mol. The lowest BCUT2D eigenvalue weighted by molar-refractivity contribution is -0.138. The Morgan fingerprint density at radius 3 is 2.43 bits per heavy atom. The van der Waals surface area contributed by atoms with E-state index >= 15 is 0 Å². The van der Waals surface area contributed by atoms with Gasteiger partial charge in [0.05, 0.1) is 0 Å². The Hall–Kier alpha value is -0.910. The van der Waals surface area contributed by atoms with E-state index < -0.39 is 23.7 Å². The minimum atomic E-state index is -1.02. The van der Waals surface area contributed by atoms with E-state index in [1.807, 2.05) is 0 Å². The zero-order chi connectivity index (χ0) is 15.9. The Balaban J connectivity index is 2.32. The number of carboxylic acids is 1. The summed E-state index contributed by atoms with van der Waals surface area (Å²) in [6.07, 6.45) is 5.69. The quantitative estimate of drug-likeness (QED) is 0.786. The minimum absolute atomic E-state index is 0.380. The van der Waals surface area contributed by atoms with Gasteiger partial charge in [-0.1, -0.05) is 19.3 Å². The average molecular weight is 317 g/mol. The van der Waals surface area contributed by atoms with Crippen LogP contribution in [0, 0.1) is 5.92 Å². The number of carbonyl (C=O) groups is 2. The highest BCUT2D eigenvalue weighted by molar-refractivity contribution is 7.99. The van der Waals surface area contributed by atoms with Gasteiger partial charge in [-0.25, -0.2) is 9.59 Å². The lowest BCUT2D eigenvalue weighted by atomic mass is 9.91. The van der Waals surface area contributed by atoms with Crippen molar-refractivity contribution < 1.29 is 19.4 Å². The molecule has 21 heavy (non-hydrogen) atoms. The molecule has 1 amide bonds. The van der Waals surface area contributed by atoms with Crippen LogP contribution in [-0.2, 0) is 9.53 Å². The highest BCUT2D eigenvalue weighted by Gasteiger charge is 2.24. The Labute approximate surface area is 131 Å². The second kappa shape index (κ2) is 8.51. The van der Waals surface area contributed by atoms with Gasteiger partial charge in [0.2, 0.25) is 0 Å². The van der Waals surface area contributed by atoms with Crippen LogP contribution in [0.15, 0.2) is 0 Å². The number of nitrogens with one attached hydrogen (secondary N) is 1. The third-order valence-electron chi connectivity index (χ3n) is 3.35. The summed E-state index contributed by atoms with van der Waals surface area (Å²) in [6, 6.07) is -0.895. The van der Waals surface area contributed by atoms with Gasteiger partial charge in [-0.3, -0.25) is 0 Å². The van der Waals surface area contributed by atoms with Crippen LogP contribution in [0.2, 0.25) is 0 Å². The molecular weight excluding hydrogens is 290 g/mol. The van der Waals surface area contributed by atoms with Gasteiger partial charge in [-0.15, -0.1) is 0 Å². The summed E-state index contributed by atoms with van der Waals surface area (Å²) < 4.78 is 5.09. The van der Waals surface area contributed by atoms with Crippen LogP contribution in [0.4, 0.5) is 4.79 Å². The predicted molar refractivity (Wildman–Crippen MR) is 84.7 cm³/mol. The van der Waals surface area contributed by atoms with E-state index in [1.54, 1.807) is 32.5 Å². The summed E-state index contributed by atoms with van der Waals surface area (Å²) in [5, 5.41) is 11.6. The Morgan fingerprint density at radius 1 is 1.29 bits per heavy atom. The summed E-state index contributed by atoms with van der Waals surface area (Å²) in [6.45, 7) is 5.25. The molecule has 6 heteroatoms. The fourth-order valence-electron chi connectivity index (χ4n) is 2.33. The molecule has 0 unspecified atom stereocenters. The number of carbonyl (C=O) groups excluding carboxylic acids is 1. The first-order valence-electron chi connectivity index (χ1n) is 7.58. The lowest BCUT2D eigenvalue weighted by Gasteiger charge is -2.23. The van der Waals surface area contributed by atoms with E-state index in [9.17, 15) is 14.7 Å². The van der Waals surface area contributed by atoms with Crippen LogP contribution in [0.25, 0.3) is 0 Å². The molecule has 1 atom stereocenters. The first-order valence-corrected chi connectivity index (χ1v) is 8.73. The van der Waals surface area contributed by atoms with E-state index in [4.69, 9.17) is 4.74 Å². The number of hydrogen-bond donors (Lipinski definition) is 2. The first-order chi connectivity index (χ1) is 9.78. The van der Waals surface area contributed by atoms with Crippen molar-refractivity contribution in [3.05, 3.63) is 0 Å². The SMILES string of the molecule is CC(C)(C)OC(=O)N[C@H](CSCC1CCCCC1)C(=O)O. The zero-order valence-electron chi connectivity index (χ0n) is 13.2. The lowest BCUT2D eigenvalue weighted by Crippen LogP contribution is -2.45. The molecule has 0 saturated heterocycles. The third kappa shape index (κ3) is 8.19. The van der Waals surface area contributed by atoms with Crippen molar-refractivity contribution in [3.8, 4) is 0 Å². The molecule has 1 saturated carbocycles. The van der Waals surface area contributed by atoms with Crippen molar-refractivity contribution in [1.29, 1.82) is 0 Å². The van der Waals surface area contributed by atoms with Crippen molar-refractivity contribution in [2.75, 3.05) is 11.5 Å². The van der Waals surface area contributed by atoms with E-state index in [1.165, 1.54) is 32.1 Å². The van der Waals surface area contributed by atoms with Gasteiger partial charge in [-0.05, 0) is 45.3 Å². The Morgan fingerprint density at radius 2 is 1.90 bits per heavy atom. The molecule has 0 aliphatic heterocycles. The van der Waals surface area contributed by atoms with E-state index in [-0.39, 0.29) is 0 Å². The van der Waals surface area contributed by atoms with Crippen LogP contribution >= 0.6 is 11.8 Å². The standard InChI is InChI=1S/C15H27NO4S/c1-15(2,3)20-14(19)16-12(13(17)18)10-21-9-11-7-5-4-6-8-11/h11-12H,4-10H2,1-3H3,(H,16,19)(H,17,18)/t12-/m1/s1. The zero-order valence-corrected chi connectivity index (χ0v) is 14.0. The number of aliphatic carboxylic acids is 1. The molecule has 1 rings (SSSR count). The number of alkyl carbamates (subject to hydrolysis) is 1. The van der Waals surface area contributed by atoms with Crippen LogP contribution < -0.4 is 5.32 Å². The van der Waals surface area contributed by atoms with E-state index in [0.717, 1.165) is 5.75 Å². The highest BCUT2D eigenvalue weighted by atomic mass is 32.2. The summed E-state index contributed by atoms with van der Waals surface area (Å²) in [7, 11) is 0. The van der Waals surface area contributed by atoms with Crippen molar-refractivity contribution in [2.45, 2.75) is 64.5 Å². The number of ether oxygens (including phenoxy) is 1. The van der Waals surface area contributed by atoms with Crippen LogP contribution in [0.5, 0.6) is 0 Å². The maximum absolute atomic E-state index is 11.6. The van der Waals surface area contributed by atoms with Gasteiger partial charge in [0.25, 0.3) is 0 Å². The molecule has 0 aromatic heterocycles. The largest absolute Gasteiger partial charge is 0.480 e. The first kappa shape index (κ1) is 18.1. The van der Waals surface area contributed by atoms with Crippen molar-refractivity contribution in [3.63, 3.8) is 0 Å². The van der Waals surface area contributed by atoms with Gasteiger partial charge in [0.1, 0.15) is 11.6 Å². The molecule has 1 fully saturated rings. The van der Waals surface area contributed by atoms with Crippen molar-refractivity contribution in [2.24, 2.45) is 5.92 Å². The van der Waals surface area contributed by atoms with Gasteiger partial charge < -0.3 is 15.2 Å². The molecule has 1 aliphatic carbocycles. The third-order valence-corrected chi connectivity index (χ3v) is 4.63. The van der Waals surface area contributed by atoms with Crippen LogP contribution in [0.3, 0.4) is 0 Å². The average Bonchev–Trinajstić information content (AvgIpc) is 2.36. The molecule has 0 aromatic carbocycles. The second-order valence-electron chi connectivity index (χ2n) is 6.58. The summed E-state index contributed by atoms with van der Waals surface area (Å²) >= 11 is 1.61. The number of rotatable bonds is 6. The molecule has 122 valence electrons. The predicted octanol–water partition coefficient (Wildman–Crippen LogP) is 3.28. The molecule has 0 radical (unpaired) electrons. The molecule has 0 spiro atoms. The molecule has 1 aliphatic rings. The smallest absolute Gasteiger partial charge is 0.408 e. The maximum atomic E-state index is 11.6. The van der Waals surface area contributed by atoms with Gasteiger partial charge in [0, 0.05) is 5.75 Å². The summed E-state index contributed by atoms with van der Waals surface area (Å²) in [4.78, 5) is 22.8. The van der Waals surface area contributed by atoms with E-state index in [2.05, 4.69) is 5.32 Å². The molecular formula is C15H27NO4S. The topological polar surface area (TPSA) is 75.6 Å². The van der Waals surface area contributed by atoms with Crippen molar-refractivity contribution >= 4 is 23.8 Å². The normalized spacial score (nSPS) is 18.0. The fourth-order valence-corrected chi connectivity index (χ4v) is 3.60. The number of amides is 1. The molecule has 0 heterocycles. The molecule has 0 aromatic rings. The van der Waals surface area contributed by atoms with Crippen LogP contribution in [0.1, 0.15) is 52.9 Å². The van der Waals surface area contributed by atoms with Gasteiger partial charge in [0.15, 0.2) is 0 Å². The number of thioether (sulfide) groups is 1. The van der Waals surface area contributed by atoms with Crippen LogP contribution in [-0.4, -0.2) is 40.3 Å². The summed E-state index contributed by atoms with van der Waals surface area (Å²) in [5.74, 6) is 1.03. The number of hydrogen-bond acceptors (Lipinski definition) is 4. The molecule has 5 nitrogen and oxygen atoms in total. The Kier molecular flexibility index (Phi) is 7.35. The van der Waals surface area contributed by atoms with Crippen molar-refractivity contribution in [1.82, 2.24) is 5.32 Å². The number of carboxylic acid groups (broad SMARTS) is 1. The molecule has 2 N–H and O–H groups in total. The van der Waals surface area contributed by atoms with Gasteiger partial charge in [-0.2, -0.15) is 11.8 Å². The summed E-state index contributed by atoms with van der Waals surface area (Å²) in [5.41, 5.74) is -0.623.